The molecule has 4 nitrogen and oxygen atoms in total. The van der Waals surface area contributed by atoms with Crippen molar-refractivity contribution in [3.05, 3.63) is 15.6 Å². The molecule has 1 saturated heterocycles. The number of ether oxygens (including phenoxy) is 1. The van der Waals surface area contributed by atoms with Gasteiger partial charge in [-0.1, -0.05) is 0 Å². The fraction of sp³-hybridized carbons (Fsp3) is 0.636. The smallest absolute Gasteiger partial charge is 0.162 e. The van der Waals surface area contributed by atoms with E-state index in [2.05, 4.69) is 44.8 Å². The molecule has 0 amide bonds. The van der Waals surface area contributed by atoms with E-state index in [-0.39, 0.29) is 5.60 Å². The highest BCUT2D eigenvalue weighted by Gasteiger charge is 2.33. The van der Waals surface area contributed by atoms with Crippen LogP contribution in [-0.4, -0.2) is 23.6 Å². The molecule has 0 aromatic carbocycles. The highest BCUT2D eigenvalue weighted by molar-refractivity contribution is 14.1. The van der Waals surface area contributed by atoms with Crippen molar-refractivity contribution in [2.75, 3.05) is 19.0 Å². The van der Waals surface area contributed by atoms with E-state index in [4.69, 9.17) is 4.74 Å². The molecule has 0 aliphatic carbocycles. The lowest BCUT2D eigenvalue weighted by atomic mass is 9.95. The molecule has 1 fully saturated rings. The zero-order valence-corrected chi connectivity index (χ0v) is 11.7. The van der Waals surface area contributed by atoms with Crippen molar-refractivity contribution in [2.45, 2.75) is 31.8 Å². The molecule has 2 rings (SSSR count). The summed E-state index contributed by atoms with van der Waals surface area (Å²) in [6.07, 6.45) is 5.16. The highest BCUT2D eigenvalue weighted by Crippen LogP contribution is 2.33. The maximum atomic E-state index is 5.84. The van der Waals surface area contributed by atoms with E-state index >= 15 is 0 Å². The van der Waals surface area contributed by atoms with Gasteiger partial charge in [0, 0.05) is 19.9 Å². The molecule has 1 aromatic heterocycles. The van der Waals surface area contributed by atoms with Gasteiger partial charge in [-0.15, -0.1) is 0 Å². The Balaban J connectivity index is 2.32. The monoisotopic (exact) mass is 333 g/mol. The van der Waals surface area contributed by atoms with Crippen molar-refractivity contribution in [2.24, 2.45) is 0 Å². The molecule has 0 bridgehead atoms. The molecule has 0 spiro atoms. The van der Waals surface area contributed by atoms with Crippen LogP contribution in [0.25, 0.3) is 0 Å². The summed E-state index contributed by atoms with van der Waals surface area (Å²) in [5.41, 5.74) is -0.311. The normalized spacial score (nSPS) is 25.4. The molecule has 0 radical (unpaired) electrons. The Bertz CT molecular complexity index is 377. The second-order valence-electron chi connectivity index (χ2n) is 4.18. The van der Waals surface area contributed by atoms with Crippen molar-refractivity contribution in [1.82, 2.24) is 9.97 Å². The van der Waals surface area contributed by atoms with Gasteiger partial charge < -0.3 is 10.1 Å². The molecule has 0 saturated carbocycles. The summed E-state index contributed by atoms with van der Waals surface area (Å²) in [7, 11) is 1.87. The van der Waals surface area contributed by atoms with Crippen LogP contribution in [-0.2, 0) is 10.3 Å². The lowest BCUT2D eigenvalue weighted by Crippen LogP contribution is -2.32. The van der Waals surface area contributed by atoms with Gasteiger partial charge in [0.05, 0.1) is 3.57 Å². The van der Waals surface area contributed by atoms with E-state index in [1.165, 1.54) is 6.42 Å². The van der Waals surface area contributed by atoms with Crippen LogP contribution in [0.5, 0.6) is 0 Å². The van der Waals surface area contributed by atoms with Gasteiger partial charge in [0.2, 0.25) is 0 Å². The van der Waals surface area contributed by atoms with Crippen LogP contribution in [0.3, 0.4) is 0 Å². The number of nitrogens with one attached hydrogen (secondary N) is 1. The van der Waals surface area contributed by atoms with Crippen LogP contribution in [0.1, 0.15) is 32.0 Å². The zero-order chi connectivity index (χ0) is 11.6. The first kappa shape index (κ1) is 12.0. The first-order chi connectivity index (χ1) is 7.65. The average Bonchev–Trinajstić information content (AvgIpc) is 2.30. The van der Waals surface area contributed by atoms with Crippen molar-refractivity contribution in [1.29, 1.82) is 0 Å². The molecule has 1 N–H and O–H groups in total. The van der Waals surface area contributed by atoms with Gasteiger partial charge in [0.25, 0.3) is 0 Å². The third-order valence-electron chi connectivity index (χ3n) is 2.92. The summed E-state index contributed by atoms with van der Waals surface area (Å²) in [5, 5.41) is 3.08. The first-order valence-corrected chi connectivity index (χ1v) is 6.58. The predicted octanol–water partition coefficient (Wildman–Crippen LogP) is 2.54. The topological polar surface area (TPSA) is 47.0 Å². The van der Waals surface area contributed by atoms with Crippen LogP contribution < -0.4 is 5.32 Å². The number of halogens is 1. The van der Waals surface area contributed by atoms with E-state index in [9.17, 15) is 0 Å². The summed E-state index contributed by atoms with van der Waals surface area (Å²) < 4.78 is 6.87. The largest absolute Gasteiger partial charge is 0.372 e. The lowest BCUT2D eigenvalue weighted by Gasteiger charge is -2.32. The van der Waals surface area contributed by atoms with Gasteiger partial charge in [-0.3, -0.25) is 0 Å². The molecular weight excluding hydrogens is 317 g/mol. The van der Waals surface area contributed by atoms with E-state index < -0.39 is 0 Å². The molecular formula is C11H16IN3O. The fourth-order valence-electron chi connectivity index (χ4n) is 1.91. The van der Waals surface area contributed by atoms with Crippen LogP contribution in [0.2, 0.25) is 0 Å². The number of hydrogen-bond acceptors (Lipinski definition) is 4. The van der Waals surface area contributed by atoms with Gasteiger partial charge >= 0.3 is 0 Å². The standard InChI is InChI=1S/C11H16IN3O/c1-11(5-3-4-6-16-11)10-14-7-8(12)9(13-2)15-10/h7H,3-6H2,1-2H3,(H,13,14,15). The summed E-state index contributed by atoms with van der Waals surface area (Å²) in [4.78, 5) is 8.93. The lowest BCUT2D eigenvalue weighted by molar-refractivity contribution is -0.0759. The van der Waals surface area contributed by atoms with Crippen molar-refractivity contribution in [3.63, 3.8) is 0 Å². The Morgan fingerprint density at radius 2 is 2.31 bits per heavy atom. The molecule has 1 aromatic rings. The molecule has 2 heterocycles. The SMILES string of the molecule is CNc1nc(C2(C)CCCCO2)ncc1I. The number of anilines is 1. The Morgan fingerprint density at radius 3 is 2.94 bits per heavy atom. The number of aromatic nitrogens is 2. The number of nitrogens with zero attached hydrogens (tertiary/aromatic N) is 2. The summed E-state index contributed by atoms with van der Waals surface area (Å²) >= 11 is 2.22. The summed E-state index contributed by atoms with van der Waals surface area (Å²) in [6.45, 7) is 2.88. The summed E-state index contributed by atoms with van der Waals surface area (Å²) in [6, 6.07) is 0. The van der Waals surface area contributed by atoms with E-state index in [1.54, 1.807) is 0 Å². The van der Waals surface area contributed by atoms with Gasteiger partial charge in [-0.25, -0.2) is 9.97 Å². The second kappa shape index (κ2) is 4.83. The van der Waals surface area contributed by atoms with Crippen LogP contribution in [0.15, 0.2) is 6.20 Å². The van der Waals surface area contributed by atoms with Gasteiger partial charge in [0.15, 0.2) is 5.82 Å². The quantitative estimate of drug-likeness (QED) is 0.845. The van der Waals surface area contributed by atoms with Crippen LogP contribution in [0, 0.1) is 3.57 Å². The highest BCUT2D eigenvalue weighted by atomic mass is 127. The van der Waals surface area contributed by atoms with Crippen molar-refractivity contribution in [3.8, 4) is 0 Å². The van der Waals surface area contributed by atoms with Crippen molar-refractivity contribution >= 4 is 28.4 Å². The minimum Gasteiger partial charge on any atom is -0.372 e. The van der Waals surface area contributed by atoms with Gasteiger partial charge in [-0.05, 0) is 48.8 Å². The maximum Gasteiger partial charge on any atom is 0.162 e. The van der Waals surface area contributed by atoms with E-state index in [0.29, 0.717) is 0 Å². The van der Waals surface area contributed by atoms with E-state index in [1.807, 2.05) is 13.2 Å². The Kier molecular flexibility index (Phi) is 3.63. The molecule has 16 heavy (non-hydrogen) atoms. The maximum absolute atomic E-state index is 5.84. The fourth-order valence-corrected chi connectivity index (χ4v) is 2.44. The average molecular weight is 333 g/mol. The van der Waals surface area contributed by atoms with Crippen molar-refractivity contribution < 1.29 is 4.74 Å². The third kappa shape index (κ3) is 2.29. The second-order valence-corrected chi connectivity index (χ2v) is 5.34. The molecule has 5 heteroatoms. The zero-order valence-electron chi connectivity index (χ0n) is 9.59. The number of rotatable bonds is 2. The Labute approximate surface area is 109 Å². The molecule has 1 aliphatic heterocycles. The molecule has 1 atom stereocenters. The van der Waals surface area contributed by atoms with Crippen LogP contribution >= 0.6 is 22.6 Å². The van der Waals surface area contributed by atoms with E-state index in [0.717, 1.165) is 34.7 Å². The Morgan fingerprint density at radius 1 is 1.50 bits per heavy atom. The molecule has 88 valence electrons. The minimum atomic E-state index is -0.311. The van der Waals surface area contributed by atoms with Gasteiger partial charge in [-0.2, -0.15) is 0 Å². The third-order valence-corrected chi connectivity index (χ3v) is 3.71. The molecule has 1 unspecified atom stereocenters. The summed E-state index contributed by atoms with van der Waals surface area (Å²) in [5.74, 6) is 1.66. The Hall–Kier alpha value is -0.430. The van der Waals surface area contributed by atoms with Gasteiger partial charge in [0.1, 0.15) is 11.4 Å². The first-order valence-electron chi connectivity index (χ1n) is 5.50. The minimum absolute atomic E-state index is 0.311. The molecule has 1 aliphatic rings. The predicted molar refractivity (Wildman–Crippen MR) is 71.5 cm³/mol. The van der Waals surface area contributed by atoms with Crippen LogP contribution in [0.4, 0.5) is 5.82 Å². The number of hydrogen-bond donors (Lipinski definition) is 1.